The van der Waals surface area contributed by atoms with Gasteiger partial charge in [0.15, 0.2) is 0 Å². The van der Waals surface area contributed by atoms with Crippen LogP contribution >= 0.6 is 0 Å². The predicted molar refractivity (Wildman–Crippen MR) is 172 cm³/mol. The molecule has 2 amide bonds. The number of aliphatic hydroxyl groups is 1. The maximum Gasteiger partial charge on any atom is 0.328 e. The number of carbonyl (C=O) groups is 4. The topological polar surface area (TPSA) is 142 Å². The zero-order chi connectivity index (χ0) is 32.0. The summed E-state index contributed by atoms with van der Waals surface area (Å²) in [6.07, 6.45) is 25.6. The Morgan fingerprint density at radius 3 is 1.51 bits per heavy atom. The molecule has 0 rings (SSSR count). The van der Waals surface area contributed by atoms with Crippen LogP contribution in [-0.2, 0) is 23.9 Å². The monoisotopic (exact) mass is 612 g/mol. The van der Waals surface area contributed by atoms with Gasteiger partial charge in [-0.15, -0.1) is 0 Å². The lowest BCUT2D eigenvalue weighted by Crippen LogP contribution is -2.47. The summed E-state index contributed by atoms with van der Waals surface area (Å²) in [5, 5.41) is 22.4. The van der Waals surface area contributed by atoms with Gasteiger partial charge in [0.25, 0.3) is 0 Å². The van der Waals surface area contributed by atoms with Crippen LogP contribution < -0.4 is 10.6 Å². The van der Waals surface area contributed by atoms with Crippen LogP contribution in [-0.4, -0.2) is 59.3 Å². The summed E-state index contributed by atoms with van der Waals surface area (Å²) in [5.74, 6) is -2.33. The van der Waals surface area contributed by atoms with Gasteiger partial charge in [0.2, 0.25) is 11.8 Å². The highest BCUT2D eigenvalue weighted by Crippen LogP contribution is 2.18. The van der Waals surface area contributed by atoms with Crippen molar-refractivity contribution in [2.24, 2.45) is 0 Å². The lowest BCUT2D eigenvalue weighted by molar-refractivity contribution is -0.150. The third kappa shape index (κ3) is 27.1. The normalized spacial score (nSPS) is 12.4. The molecule has 0 aliphatic rings. The number of esters is 1. The van der Waals surface area contributed by atoms with E-state index in [1.807, 2.05) is 0 Å². The summed E-state index contributed by atoms with van der Waals surface area (Å²) in [7, 11) is 0. The minimum absolute atomic E-state index is 0.0304. The number of hydrogen-bond donors (Lipinski definition) is 4. The molecule has 0 aromatic carbocycles. The quantitative estimate of drug-likeness (QED) is 0.0489. The molecule has 0 aromatic rings. The van der Waals surface area contributed by atoms with Crippen LogP contribution in [0, 0.1) is 0 Å². The number of amides is 2. The second-order valence-electron chi connectivity index (χ2n) is 12.0. The number of aliphatic hydroxyl groups excluding tert-OH is 1. The van der Waals surface area contributed by atoms with E-state index in [2.05, 4.69) is 24.5 Å². The smallest absolute Gasteiger partial charge is 0.328 e. The summed E-state index contributed by atoms with van der Waals surface area (Å²) < 4.78 is 5.92. The highest BCUT2D eigenvalue weighted by Gasteiger charge is 2.19. The van der Waals surface area contributed by atoms with E-state index in [0.717, 1.165) is 51.4 Å². The number of aliphatic carboxylic acids is 1. The minimum Gasteiger partial charge on any atom is -0.480 e. The van der Waals surface area contributed by atoms with Crippen LogP contribution in [0.2, 0.25) is 0 Å². The molecule has 4 N–H and O–H groups in total. The van der Waals surface area contributed by atoms with Crippen molar-refractivity contribution in [2.45, 2.75) is 180 Å². The molecular weight excluding hydrogens is 548 g/mol. The van der Waals surface area contributed by atoms with Crippen molar-refractivity contribution in [3.8, 4) is 0 Å². The van der Waals surface area contributed by atoms with Crippen LogP contribution in [0.5, 0.6) is 0 Å². The van der Waals surface area contributed by atoms with Gasteiger partial charge >= 0.3 is 11.9 Å². The first kappa shape index (κ1) is 40.8. The Morgan fingerprint density at radius 1 is 0.605 bits per heavy atom. The number of carboxylic acid groups (broad SMARTS) is 1. The summed E-state index contributed by atoms with van der Waals surface area (Å²) in [4.78, 5) is 47.1. The van der Waals surface area contributed by atoms with Gasteiger partial charge in [-0.3, -0.25) is 14.4 Å². The van der Waals surface area contributed by atoms with E-state index in [9.17, 15) is 19.2 Å². The standard InChI is InChI=1S/C34H64N2O7/c1-3-5-7-9-11-12-13-14-16-22-26-33(40)43-29(23-19-15-10-8-6-4-2)24-20-17-18-21-25-31(38)35-27-32(39)36-30(28-37)34(41)42/h29-30,37H,3-28H2,1-2H3,(H,35,38)(H,36,39)(H,41,42). The first-order chi connectivity index (χ1) is 20.8. The van der Waals surface area contributed by atoms with Gasteiger partial charge in [0.1, 0.15) is 12.1 Å². The van der Waals surface area contributed by atoms with Crippen molar-refractivity contribution in [3.63, 3.8) is 0 Å². The summed E-state index contributed by atoms with van der Waals surface area (Å²) in [5.41, 5.74) is 0. The van der Waals surface area contributed by atoms with Crippen molar-refractivity contribution in [2.75, 3.05) is 13.2 Å². The maximum atomic E-state index is 12.6. The SMILES string of the molecule is CCCCCCCCCCCCC(=O)OC(CCCCCCCC)CCCCCCC(=O)NCC(=O)NC(CO)C(=O)O. The summed E-state index contributed by atoms with van der Waals surface area (Å²) in [6.45, 7) is 3.42. The molecule has 2 unspecified atom stereocenters. The van der Waals surface area contributed by atoms with E-state index < -0.39 is 24.5 Å². The van der Waals surface area contributed by atoms with Gasteiger partial charge in [-0.05, 0) is 38.5 Å². The molecule has 43 heavy (non-hydrogen) atoms. The second-order valence-corrected chi connectivity index (χ2v) is 12.0. The van der Waals surface area contributed by atoms with Gasteiger partial charge in [-0.25, -0.2) is 4.79 Å². The lowest BCUT2D eigenvalue weighted by Gasteiger charge is -2.18. The summed E-state index contributed by atoms with van der Waals surface area (Å²) >= 11 is 0. The fraction of sp³-hybridized carbons (Fsp3) is 0.882. The zero-order valence-electron chi connectivity index (χ0n) is 27.5. The molecule has 252 valence electrons. The molecule has 0 radical (unpaired) electrons. The van der Waals surface area contributed by atoms with Crippen LogP contribution in [0.3, 0.4) is 0 Å². The minimum atomic E-state index is -1.38. The van der Waals surface area contributed by atoms with E-state index in [4.69, 9.17) is 14.9 Å². The number of carbonyl (C=O) groups excluding carboxylic acids is 3. The van der Waals surface area contributed by atoms with Crippen molar-refractivity contribution >= 4 is 23.8 Å². The van der Waals surface area contributed by atoms with Crippen molar-refractivity contribution < 1.29 is 34.1 Å². The highest BCUT2D eigenvalue weighted by molar-refractivity contribution is 5.87. The van der Waals surface area contributed by atoms with Crippen molar-refractivity contribution in [3.05, 3.63) is 0 Å². The number of hydrogen-bond acceptors (Lipinski definition) is 6. The molecule has 0 aliphatic carbocycles. The molecule has 0 saturated carbocycles. The maximum absolute atomic E-state index is 12.6. The van der Waals surface area contributed by atoms with Crippen LogP contribution in [0.15, 0.2) is 0 Å². The Balaban J connectivity index is 4.19. The molecule has 0 aromatic heterocycles. The Labute approximate surface area is 261 Å². The van der Waals surface area contributed by atoms with E-state index in [1.165, 1.54) is 83.5 Å². The van der Waals surface area contributed by atoms with Gasteiger partial charge in [0, 0.05) is 12.8 Å². The third-order valence-corrected chi connectivity index (χ3v) is 7.85. The van der Waals surface area contributed by atoms with E-state index in [0.29, 0.717) is 12.8 Å². The van der Waals surface area contributed by atoms with E-state index in [-0.39, 0.29) is 30.9 Å². The predicted octanol–water partition coefficient (Wildman–Crippen LogP) is 6.98. The fourth-order valence-corrected chi connectivity index (χ4v) is 5.13. The first-order valence-electron chi connectivity index (χ1n) is 17.4. The van der Waals surface area contributed by atoms with E-state index in [1.54, 1.807) is 0 Å². The Bertz CT molecular complexity index is 717. The fourth-order valence-electron chi connectivity index (χ4n) is 5.13. The lowest BCUT2D eigenvalue weighted by atomic mass is 10.0. The molecule has 0 spiro atoms. The summed E-state index contributed by atoms with van der Waals surface area (Å²) in [6, 6.07) is -1.38. The van der Waals surface area contributed by atoms with Gasteiger partial charge in [0.05, 0.1) is 13.2 Å². The molecule has 0 fully saturated rings. The first-order valence-corrected chi connectivity index (χ1v) is 17.4. The number of carboxylic acids is 1. The zero-order valence-corrected chi connectivity index (χ0v) is 27.5. The van der Waals surface area contributed by atoms with Crippen LogP contribution in [0.1, 0.15) is 168 Å². The van der Waals surface area contributed by atoms with Gasteiger partial charge < -0.3 is 25.6 Å². The largest absolute Gasteiger partial charge is 0.480 e. The number of nitrogens with one attached hydrogen (secondary N) is 2. The Kier molecular flexibility index (Phi) is 28.4. The molecule has 9 nitrogen and oxygen atoms in total. The van der Waals surface area contributed by atoms with E-state index >= 15 is 0 Å². The highest BCUT2D eigenvalue weighted by atomic mass is 16.5. The number of unbranched alkanes of at least 4 members (excludes halogenated alkanes) is 17. The average Bonchev–Trinajstić information content (AvgIpc) is 2.98. The van der Waals surface area contributed by atoms with Crippen LogP contribution in [0.4, 0.5) is 0 Å². The average molecular weight is 613 g/mol. The van der Waals surface area contributed by atoms with Gasteiger partial charge in [-0.1, -0.05) is 117 Å². The van der Waals surface area contributed by atoms with Crippen molar-refractivity contribution in [1.82, 2.24) is 10.6 Å². The third-order valence-electron chi connectivity index (χ3n) is 7.85. The molecule has 0 bridgehead atoms. The Morgan fingerprint density at radius 2 is 1.05 bits per heavy atom. The molecule has 9 heteroatoms. The molecular formula is C34H64N2O7. The van der Waals surface area contributed by atoms with Crippen LogP contribution in [0.25, 0.3) is 0 Å². The van der Waals surface area contributed by atoms with Gasteiger partial charge in [-0.2, -0.15) is 0 Å². The second kappa shape index (κ2) is 29.9. The molecule has 0 aliphatic heterocycles. The van der Waals surface area contributed by atoms with Crippen molar-refractivity contribution in [1.29, 1.82) is 0 Å². The Hall–Kier alpha value is -2.16. The number of ether oxygens (including phenoxy) is 1. The molecule has 0 saturated heterocycles. The molecule has 0 heterocycles. The number of rotatable bonds is 31. The molecule has 2 atom stereocenters.